The van der Waals surface area contributed by atoms with Crippen LogP contribution < -0.4 is 15.2 Å². The summed E-state index contributed by atoms with van der Waals surface area (Å²) in [4.78, 5) is 26.1. The molecule has 2 N–H and O–H groups in total. The summed E-state index contributed by atoms with van der Waals surface area (Å²) >= 11 is 6.00. The summed E-state index contributed by atoms with van der Waals surface area (Å²) in [6.07, 6.45) is 1.53. The van der Waals surface area contributed by atoms with Gasteiger partial charge in [0.25, 0.3) is 5.91 Å². The molecule has 1 heterocycles. The number of ether oxygens (including phenoxy) is 2. The number of nitrogens with two attached hydrogens (primary N) is 1. The Morgan fingerprint density at radius 1 is 1.13 bits per heavy atom. The van der Waals surface area contributed by atoms with Crippen molar-refractivity contribution < 1.29 is 23.5 Å². The number of carbonyl (C=O) groups is 2. The van der Waals surface area contributed by atoms with Crippen molar-refractivity contribution in [2.75, 3.05) is 26.3 Å². The maximum absolute atomic E-state index is 13.0. The Hall–Kier alpha value is -2.80. The second kappa shape index (κ2) is 9.80. The number of carbonyl (C=O) groups excluding carboxylic acids is 2. The summed E-state index contributed by atoms with van der Waals surface area (Å²) in [5, 5.41) is 0.551. The summed E-state index contributed by atoms with van der Waals surface area (Å²) in [7, 11) is 0. The summed E-state index contributed by atoms with van der Waals surface area (Å²) in [5.74, 6) is -0.0262. The summed E-state index contributed by atoms with van der Waals surface area (Å²) in [6.45, 7) is 0.956. The first-order chi connectivity index (χ1) is 14.3. The molecule has 1 aliphatic heterocycles. The molecule has 30 heavy (non-hydrogen) atoms. The van der Waals surface area contributed by atoms with E-state index in [0.29, 0.717) is 42.5 Å². The monoisotopic (exact) mass is 434 g/mol. The summed E-state index contributed by atoms with van der Waals surface area (Å²) in [5.41, 5.74) is 4.91. The molecule has 0 bridgehead atoms. The van der Waals surface area contributed by atoms with E-state index in [1.807, 2.05) is 0 Å². The number of halogens is 2. The first-order valence-electron chi connectivity index (χ1n) is 9.68. The van der Waals surface area contributed by atoms with Gasteiger partial charge in [-0.1, -0.05) is 17.7 Å². The van der Waals surface area contributed by atoms with Gasteiger partial charge in [0.1, 0.15) is 17.3 Å². The Labute approximate surface area is 179 Å². The molecule has 0 radical (unpaired) electrons. The van der Waals surface area contributed by atoms with Gasteiger partial charge in [-0.15, -0.1) is 0 Å². The van der Waals surface area contributed by atoms with Crippen LogP contribution in [0.3, 0.4) is 0 Å². The van der Waals surface area contributed by atoms with E-state index in [1.165, 1.54) is 24.3 Å². The molecule has 0 unspecified atom stereocenters. The number of hydrogen-bond acceptors (Lipinski definition) is 4. The zero-order valence-corrected chi connectivity index (χ0v) is 17.2. The standard InChI is InChI=1S/C22H24ClFN2O4/c23-16-3-1-4-19(11-16)30-15-22(12-20(25)27)9-2-10-26(14-22)21(28)13-29-18-7-5-17(24)6-8-18/h1,3-8,11H,2,9-10,12-15H2,(H2,25,27)/t22-/m1/s1. The summed E-state index contributed by atoms with van der Waals surface area (Å²) < 4.78 is 24.4. The second-order valence-corrected chi connectivity index (χ2v) is 7.99. The van der Waals surface area contributed by atoms with Crippen LogP contribution in [0.15, 0.2) is 48.5 Å². The minimum atomic E-state index is -0.585. The molecular weight excluding hydrogens is 411 g/mol. The molecule has 6 nitrogen and oxygen atoms in total. The van der Waals surface area contributed by atoms with Crippen LogP contribution in [0.25, 0.3) is 0 Å². The fourth-order valence-electron chi connectivity index (χ4n) is 3.66. The van der Waals surface area contributed by atoms with E-state index in [-0.39, 0.29) is 31.4 Å². The molecule has 160 valence electrons. The SMILES string of the molecule is NC(=O)C[C@]1(COc2cccc(Cl)c2)CCCN(C(=O)COc2ccc(F)cc2)C1. The normalized spacial score (nSPS) is 18.7. The summed E-state index contributed by atoms with van der Waals surface area (Å²) in [6, 6.07) is 12.5. The molecular formula is C22H24ClFN2O4. The van der Waals surface area contributed by atoms with E-state index in [9.17, 15) is 14.0 Å². The van der Waals surface area contributed by atoms with Crippen LogP contribution in [0.4, 0.5) is 4.39 Å². The van der Waals surface area contributed by atoms with Gasteiger partial charge < -0.3 is 20.1 Å². The smallest absolute Gasteiger partial charge is 0.260 e. The van der Waals surface area contributed by atoms with E-state index in [2.05, 4.69) is 0 Å². The molecule has 1 aliphatic rings. The lowest BCUT2D eigenvalue weighted by Crippen LogP contribution is -2.51. The highest BCUT2D eigenvalue weighted by Gasteiger charge is 2.39. The Kier molecular flexibility index (Phi) is 7.15. The van der Waals surface area contributed by atoms with Crippen molar-refractivity contribution in [1.82, 2.24) is 4.90 Å². The predicted octanol–water partition coefficient (Wildman–Crippen LogP) is 3.42. The van der Waals surface area contributed by atoms with E-state index in [0.717, 1.165) is 0 Å². The number of hydrogen-bond donors (Lipinski definition) is 1. The Balaban J connectivity index is 1.64. The fourth-order valence-corrected chi connectivity index (χ4v) is 3.84. The molecule has 0 aromatic heterocycles. The number of likely N-dealkylation sites (tertiary alicyclic amines) is 1. The van der Waals surface area contributed by atoms with Gasteiger partial charge >= 0.3 is 0 Å². The van der Waals surface area contributed by atoms with Gasteiger partial charge in [-0.25, -0.2) is 4.39 Å². The van der Waals surface area contributed by atoms with Gasteiger partial charge in [0.15, 0.2) is 6.61 Å². The Morgan fingerprint density at radius 2 is 1.90 bits per heavy atom. The number of amides is 2. The molecule has 0 saturated carbocycles. The highest BCUT2D eigenvalue weighted by molar-refractivity contribution is 6.30. The van der Waals surface area contributed by atoms with Gasteiger partial charge in [0, 0.05) is 29.9 Å². The largest absolute Gasteiger partial charge is 0.493 e. The maximum atomic E-state index is 13.0. The van der Waals surface area contributed by atoms with E-state index >= 15 is 0 Å². The van der Waals surface area contributed by atoms with Gasteiger partial charge in [-0.05, 0) is 55.3 Å². The number of benzene rings is 2. The third kappa shape index (κ3) is 6.10. The van der Waals surface area contributed by atoms with Gasteiger partial charge in [0.05, 0.1) is 6.61 Å². The highest BCUT2D eigenvalue weighted by atomic mass is 35.5. The molecule has 1 saturated heterocycles. The molecule has 2 aromatic rings. The molecule has 2 aromatic carbocycles. The maximum Gasteiger partial charge on any atom is 0.260 e. The zero-order valence-electron chi connectivity index (χ0n) is 16.5. The third-order valence-corrected chi connectivity index (χ3v) is 5.32. The van der Waals surface area contributed by atoms with E-state index < -0.39 is 11.3 Å². The Morgan fingerprint density at radius 3 is 2.60 bits per heavy atom. The minimum Gasteiger partial charge on any atom is -0.493 e. The molecule has 0 spiro atoms. The second-order valence-electron chi connectivity index (χ2n) is 7.55. The molecule has 0 aliphatic carbocycles. The van der Waals surface area contributed by atoms with E-state index in [1.54, 1.807) is 29.2 Å². The van der Waals surface area contributed by atoms with Crippen molar-refractivity contribution >= 4 is 23.4 Å². The lowest BCUT2D eigenvalue weighted by atomic mass is 9.77. The number of rotatable bonds is 8. The van der Waals surface area contributed by atoms with Gasteiger partial charge in [-0.3, -0.25) is 9.59 Å². The van der Waals surface area contributed by atoms with Crippen LogP contribution in [0, 0.1) is 11.2 Å². The zero-order chi connectivity index (χ0) is 21.6. The molecule has 2 amide bonds. The molecule has 1 atom stereocenters. The average molecular weight is 435 g/mol. The minimum absolute atomic E-state index is 0.107. The van der Waals surface area contributed by atoms with Crippen LogP contribution >= 0.6 is 11.6 Å². The molecule has 8 heteroatoms. The van der Waals surface area contributed by atoms with Crippen LogP contribution in [0.2, 0.25) is 5.02 Å². The van der Waals surface area contributed by atoms with Crippen LogP contribution in [-0.4, -0.2) is 43.0 Å². The Bertz CT molecular complexity index is 893. The third-order valence-electron chi connectivity index (χ3n) is 5.08. The molecule has 1 fully saturated rings. The lowest BCUT2D eigenvalue weighted by molar-refractivity contribution is -0.139. The number of primary amides is 1. The van der Waals surface area contributed by atoms with Crippen molar-refractivity contribution in [2.45, 2.75) is 19.3 Å². The van der Waals surface area contributed by atoms with Gasteiger partial charge in [0.2, 0.25) is 5.91 Å². The average Bonchev–Trinajstić information content (AvgIpc) is 2.71. The van der Waals surface area contributed by atoms with Gasteiger partial charge in [-0.2, -0.15) is 0 Å². The van der Waals surface area contributed by atoms with Crippen molar-refractivity contribution in [3.05, 3.63) is 59.4 Å². The first kappa shape index (κ1) is 21.9. The van der Waals surface area contributed by atoms with E-state index in [4.69, 9.17) is 26.8 Å². The number of nitrogens with zero attached hydrogens (tertiary/aromatic N) is 1. The van der Waals surface area contributed by atoms with Crippen LogP contribution in [-0.2, 0) is 9.59 Å². The molecule has 3 rings (SSSR count). The lowest BCUT2D eigenvalue weighted by Gasteiger charge is -2.42. The fraction of sp³-hybridized carbons (Fsp3) is 0.364. The topological polar surface area (TPSA) is 81.9 Å². The quantitative estimate of drug-likeness (QED) is 0.690. The van der Waals surface area contributed by atoms with Crippen molar-refractivity contribution in [1.29, 1.82) is 0 Å². The highest BCUT2D eigenvalue weighted by Crippen LogP contribution is 2.34. The predicted molar refractivity (Wildman–Crippen MR) is 111 cm³/mol. The number of piperidine rings is 1. The van der Waals surface area contributed by atoms with Crippen LogP contribution in [0.1, 0.15) is 19.3 Å². The van der Waals surface area contributed by atoms with Crippen molar-refractivity contribution in [3.8, 4) is 11.5 Å². The first-order valence-corrected chi connectivity index (χ1v) is 10.1. The van der Waals surface area contributed by atoms with Crippen molar-refractivity contribution in [3.63, 3.8) is 0 Å². The van der Waals surface area contributed by atoms with Crippen LogP contribution in [0.5, 0.6) is 11.5 Å². The van der Waals surface area contributed by atoms with Crippen molar-refractivity contribution in [2.24, 2.45) is 11.1 Å².